The van der Waals surface area contributed by atoms with E-state index in [1.165, 1.54) is 12.0 Å². The van der Waals surface area contributed by atoms with Crippen molar-refractivity contribution in [2.75, 3.05) is 40.4 Å². The first kappa shape index (κ1) is 17.2. The molecule has 0 aromatic heterocycles. The molecule has 0 aromatic carbocycles. The van der Waals surface area contributed by atoms with Crippen molar-refractivity contribution in [2.24, 2.45) is 5.92 Å². The second-order valence-electron chi connectivity index (χ2n) is 4.90. The van der Waals surface area contributed by atoms with Crippen LogP contribution < -0.4 is 0 Å². The SMILES string of the molecule is C=CN(C=C(C)C(C)CC)CCN(C)CCOC. The van der Waals surface area contributed by atoms with Crippen LogP contribution in [0.4, 0.5) is 0 Å². The first-order valence-corrected chi connectivity index (χ1v) is 6.79. The van der Waals surface area contributed by atoms with E-state index in [0.717, 1.165) is 26.2 Å². The summed E-state index contributed by atoms with van der Waals surface area (Å²) in [7, 11) is 3.85. The van der Waals surface area contributed by atoms with Gasteiger partial charge in [-0.3, -0.25) is 0 Å². The zero-order valence-corrected chi connectivity index (χ0v) is 12.8. The van der Waals surface area contributed by atoms with Gasteiger partial charge in [0.15, 0.2) is 0 Å². The minimum atomic E-state index is 0.638. The molecule has 0 aliphatic rings. The molecule has 18 heavy (non-hydrogen) atoms. The lowest BCUT2D eigenvalue weighted by Crippen LogP contribution is -2.30. The van der Waals surface area contributed by atoms with E-state index in [0.29, 0.717) is 5.92 Å². The molecule has 0 bridgehead atoms. The van der Waals surface area contributed by atoms with E-state index in [4.69, 9.17) is 4.74 Å². The highest BCUT2D eigenvalue weighted by atomic mass is 16.5. The first-order valence-electron chi connectivity index (χ1n) is 6.79. The van der Waals surface area contributed by atoms with E-state index < -0.39 is 0 Å². The highest BCUT2D eigenvalue weighted by Gasteiger charge is 2.04. The molecule has 1 unspecified atom stereocenters. The molecule has 0 aromatic rings. The molecule has 0 fully saturated rings. The molecule has 3 nitrogen and oxygen atoms in total. The zero-order valence-electron chi connectivity index (χ0n) is 12.8. The van der Waals surface area contributed by atoms with Crippen molar-refractivity contribution in [1.29, 1.82) is 0 Å². The van der Waals surface area contributed by atoms with Crippen molar-refractivity contribution in [3.8, 4) is 0 Å². The van der Waals surface area contributed by atoms with Gasteiger partial charge in [0.2, 0.25) is 0 Å². The van der Waals surface area contributed by atoms with Crippen LogP contribution in [-0.2, 0) is 4.74 Å². The molecule has 0 aliphatic heterocycles. The van der Waals surface area contributed by atoms with Crippen molar-refractivity contribution < 1.29 is 4.74 Å². The number of methoxy groups -OCH3 is 1. The van der Waals surface area contributed by atoms with Crippen LogP contribution in [0.5, 0.6) is 0 Å². The van der Waals surface area contributed by atoms with Gasteiger partial charge in [-0.1, -0.05) is 26.0 Å². The summed E-state index contributed by atoms with van der Waals surface area (Å²) in [6.07, 6.45) is 5.29. The van der Waals surface area contributed by atoms with Gasteiger partial charge in [0.25, 0.3) is 0 Å². The number of hydrogen-bond acceptors (Lipinski definition) is 3. The van der Waals surface area contributed by atoms with Gasteiger partial charge in [0, 0.05) is 32.9 Å². The molecule has 0 heterocycles. The predicted molar refractivity (Wildman–Crippen MR) is 79.5 cm³/mol. The van der Waals surface area contributed by atoms with Crippen LogP contribution in [0.15, 0.2) is 24.6 Å². The quantitative estimate of drug-likeness (QED) is 0.596. The summed E-state index contributed by atoms with van der Waals surface area (Å²) >= 11 is 0. The van der Waals surface area contributed by atoms with E-state index in [-0.39, 0.29) is 0 Å². The van der Waals surface area contributed by atoms with Gasteiger partial charge in [0.05, 0.1) is 6.61 Å². The standard InChI is InChI=1S/C15H30N2O/c1-7-14(3)15(4)13-17(8-2)10-9-16(5)11-12-18-6/h8,13-14H,2,7,9-12H2,1,3-6H3. The van der Waals surface area contributed by atoms with Crippen LogP contribution in [0, 0.1) is 5.92 Å². The maximum atomic E-state index is 5.07. The lowest BCUT2D eigenvalue weighted by Gasteiger charge is -2.22. The fourth-order valence-corrected chi connectivity index (χ4v) is 1.56. The van der Waals surface area contributed by atoms with E-state index in [1.807, 2.05) is 6.20 Å². The average Bonchev–Trinajstić information content (AvgIpc) is 2.39. The molecule has 0 amide bonds. The van der Waals surface area contributed by atoms with Crippen molar-refractivity contribution in [2.45, 2.75) is 27.2 Å². The fraction of sp³-hybridized carbons (Fsp3) is 0.733. The fourth-order valence-electron chi connectivity index (χ4n) is 1.56. The minimum absolute atomic E-state index is 0.638. The van der Waals surface area contributed by atoms with Gasteiger partial charge in [-0.15, -0.1) is 0 Å². The Morgan fingerprint density at radius 3 is 2.50 bits per heavy atom. The summed E-state index contributed by atoms with van der Waals surface area (Å²) in [4.78, 5) is 4.44. The number of hydrogen-bond donors (Lipinski definition) is 0. The zero-order chi connectivity index (χ0) is 14.0. The largest absolute Gasteiger partial charge is 0.383 e. The number of nitrogens with zero attached hydrogens (tertiary/aromatic N) is 2. The Morgan fingerprint density at radius 1 is 1.33 bits per heavy atom. The summed E-state index contributed by atoms with van der Waals surface area (Å²) in [5, 5.41) is 0. The van der Waals surface area contributed by atoms with Gasteiger partial charge in [0.1, 0.15) is 0 Å². The maximum Gasteiger partial charge on any atom is 0.0589 e. The van der Waals surface area contributed by atoms with Crippen molar-refractivity contribution in [1.82, 2.24) is 9.80 Å². The van der Waals surface area contributed by atoms with Gasteiger partial charge in [-0.05, 0) is 32.5 Å². The minimum Gasteiger partial charge on any atom is -0.383 e. The molecule has 1 atom stereocenters. The van der Waals surface area contributed by atoms with Gasteiger partial charge in [-0.25, -0.2) is 0 Å². The number of likely N-dealkylation sites (N-methyl/N-ethyl adjacent to an activating group) is 1. The van der Waals surface area contributed by atoms with Crippen LogP contribution in [0.1, 0.15) is 27.2 Å². The Kier molecular flexibility index (Phi) is 9.70. The average molecular weight is 254 g/mol. The number of rotatable bonds is 10. The number of allylic oxidation sites excluding steroid dienone is 1. The Balaban J connectivity index is 4.15. The van der Waals surface area contributed by atoms with Crippen molar-refractivity contribution in [3.63, 3.8) is 0 Å². The molecule has 0 rings (SSSR count). The molecule has 106 valence electrons. The van der Waals surface area contributed by atoms with E-state index in [9.17, 15) is 0 Å². The summed E-state index contributed by atoms with van der Waals surface area (Å²) in [5.41, 5.74) is 1.41. The highest BCUT2D eigenvalue weighted by molar-refractivity contribution is 5.03. The number of ether oxygens (including phenoxy) is 1. The first-order chi connectivity index (χ1) is 8.54. The molecular formula is C15H30N2O. The Morgan fingerprint density at radius 2 is 2.00 bits per heavy atom. The maximum absolute atomic E-state index is 5.07. The monoisotopic (exact) mass is 254 g/mol. The van der Waals surface area contributed by atoms with Crippen LogP contribution in [-0.4, -0.2) is 50.2 Å². The van der Waals surface area contributed by atoms with Crippen molar-refractivity contribution in [3.05, 3.63) is 24.6 Å². The molecular weight excluding hydrogens is 224 g/mol. The summed E-state index contributed by atoms with van der Waals surface area (Å²) in [5.74, 6) is 0.638. The third kappa shape index (κ3) is 7.51. The molecule has 0 saturated heterocycles. The summed E-state index contributed by atoms with van der Waals surface area (Å²) in [6, 6.07) is 0. The second kappa shape index (κ2) is 10.2. The Hall–Kier alpha value is -0.800. The smallest absolute Gasteiger partial charge is 0.0589 e. The Bertz CT molecular complexity index is 251. The van der Waals surface area contributed by atoms with Gasteiger partial charge in [-0.2, -0.15) is 0 Å². The van der Waals surface area contributed by atoms with Crippen molar-refractivity contribution >= 4 is 0 Å². The topological polar surface area (TPSA) is 15.7 Å². The molecule has 0 aliphatic carbocycles. The Labute approximate surface area is 113 Å². The molecule has 3 heteroatoms. The van der Waals surface area contributed by atoms with Crippen LogP contribution in [0.2, 0.25) is 0 Å². The lowest BCUT2D eigenvalue weighted by molar-refractivity contribution is 0.158. The summed E-state index contributed by atoms with van der Waals surface area (Å²) in [6.45, 7) is 14.3. The van der Waals surface area contributed by atoms with E-state index in [2.05, 4.69) is 50.4 Å². The van der Waals surface area contributed by atoms with Crippen LogP contribution in [0.25, 0.3) is 0 Å². The van der Waals surface area contributed by atoms with E-state index in [1.54, 1.807) is 7.11 Å². The second-order valence-corrected chi connectivity index (χ2v) is 4.90. The van der Waals surface area contributed by atoms with Gasteiger partial charge < -0.3 is 14.5 Å². The highest BCUT2D eigenvalue weighted by Crippen LogP contribution is 2.14. The van der Waals surface area contributed by atoms with E-state index >= 15 is 0 Å². The normalized spacial score (nSPS) is 13.8. The van der Waals surface area contributed by atoms with Crippen LogP contribution >= 0.6 is 0 Å². The lowest BCUT2D eigenvalue weighted by atomic mass is 10.0. The third-order valence-electron chi connectivity index (χ3n) is 3.41. The molecule has 0 saturated carbocycles. The predicted octanol–water partition coefficient (Wildman–Crippen LogP) is 2.96. The van der Waals surface area contributed by atoms with Crippen LogP contribution in [0.3, 0.4) is 0 Å². The molecule has 0 N–H and O–H groups in total. The molecule has 0 radical (unpaired) electrons. The molecule has 0 spiro atoms. The summed E-state index contributed by atoms with van der Waals surface area (Å²) < 4.78 is 5.07. The van der Waals surface area contributed by atoms with Gasteiger partial charge >= 0.3 is 0 Å². The third-order valence-corrected chi connectivity index (χ3v) is 3.41.